The van der Waals surface area contributed by atoms with Gasteiger partial charge in [-0.05, 0) is 43.3 Å². The molecule has 18 heavy (non-hydrogen) atoms. The van der Waals surface area contributed by atoms with Crippen molar-refractivity contribution in [3.63, 3.8) is 0 Å². The van der Waals surface area contributed by atoms with Crippen LogP contribution in [-0.4, -0.2) is 17.6 Å². The molecular formula is C12H16ClN3O2. The van der Waals surface area contributed by atoms with E-state index in [1.54, 1.807) is 0 Å². The number of hydrazine groups is 1. The number of nitrogens with zero attached hydrogens (tertiary/aromatic N) is 1. The third-order valence-electron chi connectivity index (χ3n) is 2.86. The van der Waals surface area contributed by atoms with E-state index < -0.39 is 5.41 Å². The van der Waals surface area contributed by atoms with E-state index in [-0.39, 0.29) is 5.91 Å². The van der Waals surface area contributed by atoms with Gasteiger partial charge in [-0.2, -0.15) is 0 Å². The Labute approximate surface area is 111 Å². The highest BCUT2D eigenvalue weighted by molar-refractivity contribution is 6.13. The Bertz CT molecular complexity index is 433. The number of carbonyl (C=O) groups is 1. The molecular weight excluding hydrogens is 254 g/mol. The van der Waals surface area contributed by atoms with Crippen LogP contribution in [0.3, 0.4) is 0 Å². The molecule has 6 heteroatoms. The molecule has 0 spiro atoms. The SMILES string of the molecule is CC1(C)CON(Cc2ccc(NNCl)cc2)C1=O. The summed E-state index contributed by atoms with van der Waals surface area (Å²) in [7, 11) is 0. The Hall–Kier alpha value is -1.30. The summed E-state index contributed by atoms with van der Waals surface area (Å²) in [4.78, 5) is 19.7. The van der Waals surface area contributed by atoms with Crippen LogP contribution in [-0.2, 0) is 16.2 Å². The summed E-state index contributed by atoms with van der Waals surface area (Å²) in [5, 5.41) is 1.42. The maximum absolute atomic E-state index is 12.0. The molecule has 1 amide bonds. The van der Waals surface area contributed by atoms with Gasteiger partial charge in [0.05, 0.1) is 18.6 Å². The van der Waals surface area contributed by atoms with E-state index in [0.29, 0.717) is 13.2 Å². The second kappa shape index (κ2) is 5.14. The molecule has 0 atom stereocenters. The first-order chi connectivity index (χ1) is 8.53. The number of benzene rings is 1. The van der Waals surface area contributed by atoms with Crippen molar-refractivity contribution >= 4 is 23.4 Å². The summed E-state index contributed by atoms with van der Waals surface area (Å²) < 4.78 is 0. The second-order valence-electron chi connectivity index (χ2n) is 4.92. The van der Waals surface area contributed by atoms with Gasteiger partial charge in [0, 0.05) is 5.69 Å². The second-order valence-corrected chi connectivity index (χ2v) is 5.10. The average Bonchev–Trinajstić information content (AvgIpc) is 2.59. The Morgan fingerprint density at radius 2 is 2.06 bits per heavy atom. The lowest BCUT2D eigenvalue weighted by atomic mass is 9.95. The summed E-state index contributed by atoms with van der Waals surface area (Å²) in [6.07, 6.45) is 0. The Balaban J connectivity index is 2.00. The third-order valence-corrected chi connectivity index (χ3v) is 2.95. The first-order valence-electron chi connectivity index (χ1n) is 5.68. The number of amides is 1. The average molecular weight is 270 g/mol. The predicted molar refractivity (Wildman–Crippen MR) is 69.3 cm³/mol. The number of anilines is 1. The van der Waals surface area contributed by atoms with Gasteiger partial charge in [-0.3, -0.25) is 9.63 Å². The highest BCUT2D eigenvalue weighted by atomic mass is 35.5. The van der Waals surface area contributed by atoms with Gasteiger partial charge in [0.15, 0.2) is 0 Å². The van der Waals surface area contributed by atoms with Crippen LogP contribution in [0.1, 0.15) is 19.4 Å². The van der Waals surface area contributed by atoms with E-state index in [1.165, 1.54) is 5.06 Å². The molecule has 1 fully saturated rings. The number of halogens is 1. The molecule has 1 saturated heterocycles. The van der Waals surface area contributed by atoms with Crippen molar-refractivity contribution in [3.8, 4) is 0 Å². The molecule has 2 rings (SSSR count). The van der Waals surface area contributed by atoms with Gasteiger partial charge in [-0.1, -0.05) is 12.1 Å². The van der Waals surface area contributed by atoms with Crippen LogP contribution in [0.2, 0.25) is 0 Å². The van der Waals surface area contributed by atoms with Crippen molar-refractivity contribution in [1.29, 1.82) is 0 Å². The van der Waals surface area contributed by atoms with Gasteiger partial charge >= 0.3 is 0 Å². The molecule has 0 aliphatic carbocycles. The van der Waals surface area contributed by atoms with Crippen molar-refractivity contribution in [3.05, 3.63) is 29.8 Å². The van der Waals surface area contributed by atoms with Gasteiger partial charge in [0.25, 0.3) is 5.91 Å². The molecule has 0 radical (unpaired) electrons. The zero-order valence-corrected chi connectivity index (χ0v) is 11.1. The summed E-state index contributed by atoms with van der Waals surface area (Å²) in [5.41, 5.74) is 4.18. The first kappa shape index (κ1) is 13.1. The molecule has 0 aromatic heterocycles. The lowest BCUT2D eigenvalue weighted by Gasteiger charge is -2.16. The van der Waals surface area contributed by atoms with Crippen LogP contribution >= 0.6 is 11.8 Å². The van der Waals surface area contributed by atoms with Gasteiger partial charge in [-0.25, -0.2) is 5.06 Å². The standard InChI is InChI=1S/C12H16ClN3O2/c1-12(2)8-18-16(11(12)17)7-9-3-5-10(6-4-9)14-15-13/h3-6,14-15H,7-8H2,1-2H3. The zero-order chi connectivity index (χ0) is 13.2. The van der Waals surface area contributed by atoms with E-state index in [0.717, 1.165) is 11.3 Å². The number of carbonyl (C=O) groups excluding carboxylic acids is 1. The maximum Gasteiger partial charge on any atom is 0.254 e. The molecule has 0 unspecified atom stereocenters. The summed E-state index contributed by atoms with van der Waals surface area (Å²) >= 11 is 5.33. The van der Waals surface area contributed by atoms with E-state index >= 15 is 0 Å². The molecule has 5 nitrogen and oxygen atoms in total. The number of hydroxylamine groups is 2. The van der Waals surface area contributed by atoms with Gasteiger partial charge in [0.1, 0.15) is 0 Å². The Kier molecular flexibility index (Phi) is 3.75. The van der Waals surface area contributed by atoms with E-state index in [9.17, 15) is 4.79 Å². The van der Waals surface area contributed by atoms with Crippen molar-refractivity contribution in [1.82, 2.24) is 10.0 Å². The van der Waals surface area contributed by atoms with Crippen LogP contribution in [0.15, 0.2) is 24.3 Å². The third kappa shape index (κ3) is 2.75. The quantitative estimate of drug-likeness (QED) is 0.649. The highest BCUT2D eigenvalue weighted by Crippen LogP contribution is 2.28. The lowest BCUT2D eigenvalue weighted by molar-refractivity contribution is -0.165. The first-order valence-corrected chi connectivity index (χ1v) is 6.06. The topological polar surface area (TPSA) is 53.6 Å². The monoisotopic (exact) mass is 269 g/mol. The molecule has 1 aromatic carbocycles. The van der Waals surface area contributed by atoms with Crippen LogP contribution in [0, 0.1) is 5.41 Å². The van der Waals surface area contributed by atoms with Crippen LogP contribution < -0.4 is 10.4 Å². The fourth-order valence-corrected chi connectivity index (χ4v) is 1.84. The van der Waals surface area contributed by atoms with E-state index in [1.807, 2.05) is 38.1 Å². The molecule has 1 aliphatic rings. The van der Waals surface area contributed by atoms with Crippen LogP contribution in [0.4, 0.5) is 5.69 Å². The van der Waals surface area contributed by atoms with Crippen molar-refractivity contribution in [2.24, 2.45) is 5.41 Å². The van der Waals surface area contributed by atoms with Crippen LogP contribution in [0.5, 0.6) is 0 Å². The summed E-state index contributed by atoms with van der Waals surface area (Å²) in [6.45, 7) is 4.65. The van der Waals surface area contributed by atoms with Crippen molar-refractivity contribution in [2.45, 2.75) is 20.4 Å². The van der Waals surface area contributed by atoms with Crippen molar-refractivity contribution in [2.75, 3.05) is 12.0 Å². The van der Waals surface area contributed by atoms with E-state index in [4.69, 9.17) is 16.6 Å². The fraction of sp³-hybridized carbons (Fsp3) is 0.417. The fourth-order valence-electron chi connectivity index (χ4n) is 1.73. The van der Waals surface area contributed by atoms with Crippen LogP contribution in [0.25, 0.3) is 0 Å². The minimum Gasteiger partial charge on any atom is -0.308 e. The van der Waals surface area contributed by atoms with E-state index in [2.05, 4.69) is 10.4 Å². The Morgan fingerprint density at radius 3 is 2.56 bits per heavy atom. The molecule has 98 valence electrons. The Morgan fingerprint density at radius 1 is 1.39 bits per heavy atom. The molecule has 0 bridgehead atoms. The number of hydrogen-bond donors (Lipinski definition) is 2. The summed E-state index contributed by atoms with van der Waals surface area (Å²) in [5.74, 6) is 0.0205. The molecule has 2 N–H and O–H groups in total. The molecule has 1 heterocycles. The highest BCUT2D eigenvalue weighted by Gasteiger charge is 2.40. The number of rotatable bonds is 4. The molecule has 0 saturated carbocycles. The number of hydrogen-bond acceptors (Lipinski definition) is 4. The smallest absolute Gasteiger partial charge is 0.254 e. The predicted octanol–water partition coefficient (Wildman–Crippen LogP) is 2.06. The summed E-state index contributed by atoms with van der Waals surface area (Å²) in [6, 6.07) is 7.57. The normalized spacial score (nSPS) is 18.2. The lowest BCUT2D eigenvalue weighted by Crippen LogP contribution is -2.30. The minimum absolute atomic E-state index is 0.0205. The molecule has 1 aromatic rings. The number of nitrogens with one attached hydrogen (secondary N) is 2. The van der Waals surface area contributed by atoms with Crippen molar-refractivity contribution < 1.29 is 9.63 Å². The minimum atomic E-state index is -0.427. The van der Waals surface area contributed by atoms with Gasteiger partial charge in [0.2, 0.25) is 0 Å². The maximum atomic E-state index is 12.0. The zero-order valence-electron chi connectivity index (χ0n) is 10.4. The van der Waals surface area contributed by atoms with Gasteiger partial charge in [-0.15, -0.1) is 4.94 Å². The largest absolute Gasteiger partial charge is 0.308 e. The molecule has 1 aliphatic heterocycles. The van der Waals surface area contributed by atoms with Gasteiger partial charge < -0.3 is 5.43 Å².